The molecule has 1 saturated heterocycles. The number of rotatable bonds is 6. The Hall–Kier alpha value is -4.42. The summed E-state index contributed by atoms with van der Waals surface area (Å²) in [4.78, 5) is 14.7. The van der Waals surface area contributed by atoms with Gasteiger partial charge in [-0.05, 0) is 35.4 Å². The zero-order valence-electron chi connectivity index (χ0n) is 21.4. The molecule has 1 N–H and O–H groups in total. The second-order valence-corrected chi connectivity index (χ2v) is 9.49. The van der Waals surface area contributed by atoms with E-state index < -0.39 is 0 Å². The van der Waals surface area contributed by atoms with Crippen molar-refractivity contribution < 1.29 is 9.84 Å². The van der Waals surface area contributed by atoms with Gasteiger partial charge in [0, 0.05) is 31.6 Å². The van der Waals surface area contributed by atoms with E-state index in [-0.39, 0.29) is 11.8 Å². The van der Waals surface area contributed by atoms with Crippen LogP contribution in [0.25, 0.3) is 22.3 Å². The zero-order chi connectivity index (χ0) is 25.9. The van der Waals surface area contributed by atoms with Crippen molar-refractivity contribution >= 4 is 16.7 Å². The van der Waals surface area contributed by atoms with Crippen molar-refractivity contribution in [3.63, 3.8) is 0 Å². The first-order chi connectivity index (χ1) is 18.7. The van der Waals surface area contributed by atoms with Gasteiger partial charge in [-0.25, -0.2) is 9.97 Å². The largest absolute Gasteiger partial charge is 0.504 e. The van der Waals surface area contributed by atoms with Crippen molar-refractivity contribution in [1.82, 2.24) is 14.9 Å². The summed E-state index contributed by atoms with van der Waals surface area (Å²) in [5.41, 5.74) is 4.01. The smallest absolute Gasteiger partial charge is 0.168 e. The number of para-hydroxylation sites is 2. The van der Waals surface area contributed by atoms with Crippen molar-refractivity contribution in [3.8, 4) is 22.9 Å². The molecule has 1 aromatic heterocycles. The maximum Gasteiger partial charge on any atom is 0.168 e. The summed E-state index contributed by atoms with van der Waals surface area (Å²) in [6.45, 7) is 3.46. The summed E-state index contributed by atoms with van der Waals surface area (Å²) in [5.74, 6) is 1.84. The number of fused-ring (bicyclic) bond motifs is 1. The Balaban J connectivity index is 1.33. The molecule has 0 bridgehead atoms. The standard InChI is InChI=1S/C32H30N4O2/c1-38-28-18-10-16-26(30(28)37)31-33-27-17-9-8-15-25(27)32(34-31)36-21-19-35(20-22-36)29(23-11-4-2-5-12-23)24-13-6-3-7-14-24/h2-18,29,37H,19-22H2,1H3. The van der Waals surface area contributed by atoms with Gasteiger partial charge in [0.05, 0.1) is 24.2 Å². The quantitative estimate of drug-likeness (QED) is 0.311. The fourth-order valence-electron chi connectivity index (χ4n) is 5.37. The summed E-state index contributed by atoms with van der Waals surface area (Å²) in [6.07, 6.45) is 0. The van der Waals surface area contributed by atoms with Crippen molar-refractivity contribution in [2.75, 3.05) is 38.2 Å². The van der Waals surface area contributed by atoms with Crippen molar-refractivity contribution in [2.24, 2.45) is 0 Å². The maximum atomic E-state index is 10.8. The number of hydrogen-bond acceptors (Lipinski definition) is 6. The van der Waals surface area contributed by atoms with E-state index >= 15 is 0 Å². The van der Waals surface area contributed by atoms with Gasteiger partial charge in [-0.3, -0.25) is 4.90 Å². The molecule has 2 heterocycles. The van der Waals surface area contributed by atoms with Crippen LogP contribution in [0.4, 0.5) is 5.82 Å². The average molecular weight is 503 g/mol. The minimum absolute atomic E-state index is 0.0506. The van der Waals surface area contributed by atoms with E-state index in [1.807, 2.05) is 30.3 Å². The van der Waals surface area contributed by atoms with Crippen LogP contribution in [0.15, 0.2) is 103 Å². The number of anilines is 1. The molecule has 0 saturated carbocycles. The van der Waals surface area contributed by atoms with Gasteiger partial charge in [0.2, 0.25) is 0 Å². The number of piperazine rings is 1. The molecule has 1 aliphatic rings. The molecule has 38 heavy (non-hydrogen) atoms. The number of methoxy groups -OCH3 is 1. The molecular formula is C32H30N4O2. The van der Waals surface area contributed by atoms with Crippen molar-refractivity contribution in [3.05, 3.63) is 114 Å². The highest BCUT2D eigenvalue weighted by atomic mass is 16.5. The predicted octanol–water partition coefficient (Wildman–Crippen LogP) is 5.92. The molecule has 0 spiro atoms. The highest BCUT2D eigenvalue weighted by Gasteiger charge is 2.28. The van der Waals surface area contributed by atoms with E-state index in [9.17, 15) is 5.11 Å². The SMILES string of the molecule is COc1cccc(-c2nc(N3CCN(C(c4ccccc4)c4ccccc4)CC3)c3ccccc3n2)c1O. The lowest BCUT2D eigenvalue weighted by Gasteiger charge is -2.40. The lowest BCUT2D eigenvalue weighted by molar-refractivity contribution is 0.212. The predicted molar refractivity (Wildman–Crippen MR) is 152 cm³/mol. The number of phenols is 1. The Morgan fingerprint density at radius 1 is 0.711 bits per heavy atom. The Morgan fingerprint density at radius 3 is 2.00 bits per heavy atom. The van der Waals surface area contributed by atoms with E-state index in [0.29, 0.717) is 17.1 Å². The summed E-state index contributed by atoms with van der Waals surface area (Å²) in [7, 11) is 1.54. The van der Waals surface area contributed by atoms with Gasteiger partial charge in [-0.2, -0.15) is 0 Å². The van der Waals surface area contributed by atoms with E-state index in [4.69, 9.17) is 14.7 Å². The van der Waals surface area contributed by atoms with Crippen molar-refractivity contribution in [1.29, 1.82) is 0 Å². The van der Waals surface area contributed by atoms with Crippen molar-refractivity contribution in [2.45, 2.75) is 6.04 Å². The van der Waals surface area contributed by atoms with Crippen LogP contribution in [-0.2, 0) is 0 Å². The lowest BCUT2D eigenvalue weighted by atomic mass is 9.96. The molecule has 0 amide bonds. The first kappa shape index (κ1) is 23.9. The van der Waals surface area contributed by atoms with Gasteiger partial charge in [-0.1, -0.05) is 78.9 Å². The van der Waals surface area contributed by atoms with E-state index in [2.05, 4.69) is 76.5 Å². The summed E-state index contributed by atoms with van der Waals surface area (Å²) in [5, 5.41) is 11.8. The molecule has 0 unspecified atom stereocenters. The van der Waals surface area contributed by atoms with E-state index in [0.717, 1.165) is 42.9 Å². The third kappa shape index (κ3) is 4.55. The van der Waals surface area contributed by atoms with Crippen LogP contribution in [0.1, 0.15) is 17.2 Å². The second-order valence-electron chi connectivity index (χ2n) is 9.49. The van der Waals surface area contributed by atoms with E-state index in [1.54, 1.807) is 13.2 Å². The molecular weight excluding hydrogens is 472 g/mol. The van der Waals surface area contributed by atoms with Gasteiger partial charge in [0.15, 0.2) is 17.3 Å². The molecule has 190 valence electrons. The topological polar surface area (TPSA) is 61.7 Å². The maximum absolute atomic E-state index is 10.8. The van der Waals surface area contributed by atoms with Crippen LogP contribution in [-0.4, -0.2) is 53.3 Å². The van der Waals surface area contributed by atoms with Crippen LogP contribution in [0.5, 0.6) is 11.5 Å². The minimum atomic E-state index is 0.0506. The highest BCUT2D eigenvalue weighted by Crippen LogP contribution is 2.38. The molecule has 0 atom stereocenters. The Morgan fingerprint density at radius 2 is 1.34 bits per heavy atom. The second kappa shape index (κ2) is 10.5. The molecule has 1 aliphatic heterocycles. The first-order valence-corrected chi connectivity index (χ1v) is 12.9. The van der Waals surface area contributed by atoms with Crippen LogP contribution in [0.2, 0.25) is 0 Å². The molecule has 0 aliphatic carbocycles. The molecule has 0 radical (unpaired) electrons. The first-order valence-electron chi connectivity index (χ1n) is 12.9. The number of hydrogen-bond donors (Lipinski definition) is 1. The number of benzene rings is 4. The number of nitrogens with zero attached hydrogens (tertiary/aromatic N) is 4. The van der Waals surface area contributed by atoms with Gasteiger partial charge < -0.3 is 14.7 Å². The number of ether oxygens (including phenoxy) is 1. The molecule has 6 heteroatoms. The lowest BCUT2D eigenvalue weighted by Crippen LogP contribution is -2.48. The third-order valence-corrected chi connectivity index (χ3v) is 7.25. The Labute approximate surface area is 222 Å². The average Bonchev–Trinajstić information content (AvgIpc) is 2.98. The van der Waals surface area contributed by atoms with Crippen LogP contribution in [0, 0.1) is 0 Å². The van der Waals surface area contributed by atoms with Gasteiger partial charge in [0.25, 0.3) is 0 Å². The summed E-state index contributed by atoms with van der Waals surface area (Å²) >= 11 is 0. The Kier molecular flexibility index (Phi) is 6.63. The highest BCUT2D eigenvalue weighted by molar-refractivity contribution is 5.91. The molecule has 6 nitrogen and oxygen atoms in total. The fraction of sp³-hybridized carbons (Fsp3) is 0.188. The molecule has 4 aromatic carbocycles. The zero-order valence-corrected chi connectivity index (χ0v) is 21.4. The van der Waals surface area contributed by atoms with Crippen LogP contribution in [0.3, 0.4) is 0 Å². The molecule has 1 fully saturated rings. The Bertz CT molecular complexity index is 1490. The van der Waals surface area contributed by atoms with Gasteiger partial charge in [-0.15, -0.1) is 0 Å². The van der Waals surface area contributed by atoms with Crippen LogP contribution >= 0.6 is 0 Å². The molecule has 5 aromatic rings. The van der Waals surface area contributed by atoms with E-state index in [1.165, 1.54) is 11.1 Å². The molecule has 6 rings (SSSR count). The normalized spacial score (nSPS) is 14.2. The van der Waals surface area contributed by atoms with Gasteiger partial charge >= 0.3 is 0 Å². The number of aromatic hydroxyl groups is 1. The number of aromatic nitrogens is 2. The number of phenolic OH excluding ortho intramolecular Hbond substituents is 1. The third-order valence-electron chi connectivity index (χ3n) is 7.25. The summed E-state index contributed by atoms with van der Waals surface area (Å²) < 4.78 is 5.33. The summed E-state index contributed by atoms with van der Waals surface area (Å²) in [6, 6.07) is 35.2. The minimum Gasteiger partial charge on any atom is -0.504 e. The monoisotopic (exact) mass is 502 g/mol. The van der Waals surface area contributed by atoms with Gasteiger partial charge in [0.1, 0.15) is 5.82 Å². The van der Waals surface area contributed by atoms with Crippen LogP contribution < -0.4 is 9.64 Å². The fourth-order valence-corrected chi connectivity index (χ4v) is 5.37.